The molecule has 6 heteroatoms. The minimum absolute atomic E-state index is 0.108. The Labute approximate surface area is 473 Å². The van der Waals surface area contributed by atoms with Crippen LogP contribution in [-0.2, 0) is 0 Å². The van der Waals surface area contributed by atoms with E-state index in [0.29, 0.717) is 11.6 Å². The van der Waals surface area contributed by atoms with Crippen molar-refractivity contribution in [3.63, 3.8) is 0 Å². The van der Waals surface area contributed by atoms with E-state index in [0.717, 1.165) is 105 Å². The topological polar surface area (TPSA) is 56.7 Å². The molecular weight excluding hydrogens is 1010 g/mol. The van der Waals surface area contributed by atoms with Gasteiger partial charge in [0.05, 0.1) is 11.0 Å². The molecule has 0 bridgehead atoms. The van der Waals surface area contributed by atoms with Gasteiger partial charge < -0.3 is 8.98 Å². The lowest BCUT2D eigenvalue weighted by Gasteiger charge is -2.14. The summed E-state index contributed by atoms with van der Waals surface area (Å²) in [5.74, 6) is 0.943. The van der Waals surface area contributed by atoms with E-state index < -0.39 is 0 Å². The smallest absolute Gasteiger partial charge is 0.226 e. The van der Waals surface area contributed by atoms with Gasteiger partial charge in [-0.05, 0) is 180 Å². The van der Waals surface area contributed by atoms with E-state index in [2.05, 4.69) is 247 Å². The van der Waals surface area contributed by atoms with Gasteiger partial charge in [0.1, 0.15) is 11.2 Å². The molecule has 0 aliphatic carbocycles. The van der Waals surface area contributed by atoms with Gasteiger partial charge in [-0.25, -0.2) is 4.98 Å². The van der Waals surface area contributed by atoms with Crippen LogP contribution in [0, 0.1) is 0 Å². The van der Waals surface area contributed by atoms with Crippen LogP contribution in [0.4, 0.5) is 0 Å². The minimum Gasteiger partial charge on any atom is -0.456 e. The Morgan fingerprint density at radius 2 is 0.704 bits per heavy atom. The minimum atomic E-state index is 0.108. The molecule has 3 aromatic heterocycles. The molecule has 15 aromatic rings. The highest BCUT2D eigenvalue weighted by Crippen LogP contribution is 2.42. The molecule has 0 spiro atoms. The molecule has 380 valence electrons. The van der Waals surface area contributed by atoms with Crippen LogP contribution in [0.2, 0.25) is 5.28 Å². The maximum Gasteiger partial charge on any atom is 0.226 e. The zero-order chi connectivity index (χ0) is 53.8. The Balaban J connectivity index is 0.796. The van der Waals surface area contributed by atoms with Crippen LogP contribution in [0.1, 0.15) is 0 Å². The Bertz CT molecular complexity index is 4760. The number of fused-ring (bicyclic) bond motifs is 6. The molecule has 0 N–H and O–H groups in total. The zero-order valence-electron chi connectivity index (χ0n) is 43.7. The monoisotopic (exact) mass is 1050 g/mol. The second-order valence-electron chi connectivity index (χ2n) is 20.5. The summed E-state index contributed by atoms with van der Waals surface area (Å²) in [5, 5.41) is 4.32. The Kier molecular flexibility index (Phi) is 11.8. The van der Waals surface area contributed by atoms with Crippen molar-refractivity contribution in [1.29, 1.82) is 0 Å². The highest BCUT2D eigenvalue weighted by molar-refractivity contribution is 6.28. The predicted octanol–water partition coefficient (Wildman–Crippen LogP) is 20.5. The van der Waals surface area contributed by atoms with Crippen molar-refractivity contribution < 1.29 is 4.42 Å². The van der Waals surface area contributed by atoms with Gasteiger partial charge in [-0.3, -0.25) is 0 Å². The van der Waals surface area contributed by atoms with Crippen molar-refractivity contribution in [1.82, 2.24) is 19.5 Å². The molecule has 0 saturated heterocycles. The lowest BCUT2D eigenvalue weighted by Crippen LogP contribution is -1.98. The normalized spacial score (nSPS) is 11.5. The third-order valence-corrected chi connectivity index (χ3v) is 15.7. The largest absolute Gasteiger partial charge is 0.456 e. The summed E-state index contributed by atoms with van der Waals surface area (Å²) >= 11 is 6.86. The SMILES string of the molecule is Clc1nc(-c2cccc(-c3cc(-c4ccccc4)cc(-c4ccccc4)c3)c2)nc(-c2cccc3oc4ccc(-c5ccc6c(c5)c5ccccc5n6-c5cccc(-c6cc(-c7ccccc7)cc(-c7ccccc7)c6)c5)cc4c23)n1. The van der Waals surface area contributed by atoms with Gasteiger partial charge in [-0.2, -0.15) is 9.97 Å². The highest BCUT2D eigenvalue weighted by atomic mass is 35.5. The number of furan rings is 1. The van der Waals surface area contributed by atoms with Crippen molar-refractivity contribution in [2.45, 2.75) is 0 Å². The van der Waals surface area contributed by atoms with Gasteiger partial charge in [0.2, 0.25) is 5.28 Å². The first-order chi connectivity index (χ1) is 40.0. The van der Waals surface area contributed by atoms with Crippen molar-refractivity contribution in [2.24, 2.45) is 0 Å². The summed E-state index contributed by atoms with van der Waals surface area (Å²) in [5.41, 5.74) is 22.4. The van der Waals surface area contributed by atoms with E-state index in [1.807, 2.05) is 42.5 Å². The highest BCUT2D eigenvalue weighted by Gasteiger charge is 2.20. The average molecular weight is 1060 g/mol. The maximum atomic E-state index is 6.86. The summed E-state index contributed by atoms with van der Waals surface area (Å²) in [7, 11) is 0. The quantitative estimate of drug-likeness (QED) is 0.137. The van der Waals surface area contributed by atoms with Crippen LogP contribution in [0.15, 0.2) is 290 Å². The Hall–Kier alpha value is -10.5. The number of halogens is 1. The van der Waals surface area contributed by atoms with E-state index >= 15 is 0 Å². The molecule has 0 unspecified atom stereocenters. The van der Waals surface area contributed by atoms with Gasteiger partial charge in [0, 0.05) is 38.4 Å². The van der Waals surface area contributed by atoms with E-state index in [9.17, 15) is 0 Å². The van der Waals surface area contributed by atoms with Crippen molar-refractivity contribution in [3.8, 4) is 106 Å². The van der Waals surface area contributed by atoms with Crippen LogP contribution >= 0.6 is 11.6 Å². The molecule has 0 saturated carbocycles. The summed E-state index contributed by atoms with van der Waals surface area (Å²) in [6.45, 7) is 0. The zero-order valence-corrected chi connectivity index (χ0v) is 44.5. The fourth-order valence-corrected chi connectivity index (χ4v) is 11.8. The maximum absolute atomic E-state index is 6.86. The number of nitrogens with zero attached hydrogens (tertiary/aromatic N) is 4. The predicted molar refractivity (Wildman–Crippen MR) is 335 cm³/mol. The molecule has 3 heterocycles. The second-order valence-corrected chi connectivity index (χ2v) is 20.9. The van der Waals surface area contributed by atoms with Crippen molar-refractivity contribution >= 4 is 55.3 Å². The fraction of sp³-hybridized carbons (Fsp3) is 0. The molecular formula is C75H47ClN4O. The van der Waals surface area contributed by atoms with Crippen molar-refractivity contribution in [2.75, 3.05) is 0 Å². The summed E-state index contributed by atoms with van der Waals surface area (Å²) in [6, 6.07) is 101. The molecule has 0 aliphatic rings. The number of rotatable bonds is 10. The van der Waals surface area contributed by atoms with Gasteiger partial charge in [-0.15, -0.1) is 0 Å². The molecule has 0 atom stereocenters. The molecule has 0 aliphatic heterocycles. The number of benzene rings is 12. The van der Waals surface area contributed by atoms with Crippen LogP contribution in [0.25, 0.3) is 150 Å². The van der Waals surface area contributed by atoms with Gasteiger partial charge in [-0.1, -0.05) is 194 Å². The van der Waals surface area contributed by atoms with E-state index in [-0.39, 0.29) is 5.28 Å². The first kappa shape index (κ1) is 47.7. The molecule has 5 nitrogen and oxygen atoms in total. The lowest BCUT2D eigenvalue weighted by atomic mass is 9.93. The second kappa shape index (κ2) is 20.1. The third kappa shape index (κ3) is 8.92. The van der Waals surface area contributed by atoms with E-state index in [1.54, 1.807) is 0 Å². The van der Waals surface area contributed by atoms with Crippen LogP contribution in [0.5, 0.6) is 0 Å². The van der Waals surface area contributed by atoms with Crippen LogP contribution < -0.4 is 0 Å². The molecule has 15 rings (SSSR count). The molecule has 0 fully saturated rings. The molecule has 0 radical (unpaired) electrons. The Morgan fingerprint density at radius 3 is 1.31 bits per heavy atom. The standard InChI is InChI=1S/C75H47ClN4O/c76-75-78-73(56-28-15-26-52(38-56)61-41-57(48-18-5-1-6-19-48)39-58(42-61)49-20-7-2-8-21-49)77-74(79-75)65-31-17-33-71-72(65)67-47-55(35-37-70(67)81-71)54-34-36-69-66(46-54)64-30-13-14-32-68(64)80(69)63-29-16-27-53(45-63)62-43-59(50-22-9-3-10-23-50)40-60(44-62)51-24-11-4-12-25-51/h1-47H. The molecule has 12 aromatic carbocycles. The summed E-state index contributed by atoms with van der Waals surface area (Å²) in [4.78, 5) is 14.6. The van der Waals surface area contributed by atoms with Crippen LogP contribution in [0.3, 0.4) is 0 Å². The number of para-hydroxylation sites is 1. The summed E-state index contributed by atoms with van der Waals surface area (Å²) in [6.07, 6.45) is 0. The van der Waals surface area contributed by atoms with Gasteiger partial charge in [0.25, 0.3) is 0 Å². The number of aromatic nitrogens is 4. The first-order valence-electron chi connectivity index (χ1n) is 27.2. The Morgan fingerprint density at radius 1 is 0.272 bits per heavy atom. The fourth-order valence-electron chi connectivity index (χ4n) is 11.7. The van der Waals surface area contributed by atoms with Gasteiger partial charge in [0.15, 0.2) is 11.6 Å². The lowest BCUT2D eigenvalue weighted by molar-refractivity contribution is 0.669. The van der Waals surface area contributed by atoms with Crippen LogP contribution in [-0.4, -0.2) is 19.5 Å². The van der Waals surface area contributed by atoms with E-state index in [4.69, 9.17) is 31.0 Å². The average Bonchev–Trinajstić information content (AvgIpc) is 4.26. The molecule has 81 heavy (non-hydrogen) atoms. The van der Waals surface area contributed by atoms with Crippen molar-refractivity contribution in [3.05, 3.63) is 290 Å². The number of hydrogen-bond donors (Lipinski definition) is 0. The molecule has 0 amide bonds. The number of hydrogen-bond acceptors (Lipinski definition) is 4. The van der Waals surface area contributed by atoms with E-state index in [1.165, 1.54) is 33.0 Å². The third-order valence-electron chi connectivity index (χ3n) is 15.5. The first-order valence-corrected chi connectivity index (χ1v) is 27.5. The summed E-state index contributed by atoms with van der Waals surface area (Å²) < 4.78 is 8.97. The van der Waals surface area contributed by atoms with Gasteiger partial charge >= 0.3 is 0 Å².